The van der Waals surface area contributed by atoms with Gasteiger partial charge in [-0.3, -0.25) is 9.36 Å². The lowest BCUT2D eigenvalue weighted by molar-refractivity contribution is 0.0696. The first-order valence-corrected chi connectivity index (χ1v) is 10.8. The molecule has 4 aromatic rings. The van der Waals surface area contributed by atoms with Crippen molar-refractivity contribution in [2.45, 2.75) is 13.0 Å². The lowest BCUT2D eigenvalue weighted by Gasteiger charge is -2.11. The summed E-state index contributed by atoms with van der Waals surface area (Å²) in [6.45, 7) is 0.340. The predicted molar refractivity (Wildman–Crippen MR) is 126 cm³/mol. The molecule has 0 radical (unpaired) electrons. The maximum absolute atomic E-state index is 13.1. The van der Waals surface area contributed by atoms with Crippen molar-refractivity contribution < 1.29 is 19.4 Å². The summed E-state index contributed by atoms with van der Waals surface area (Å²) in [7, 11) is 0. The average molecular weight is 479 g/mol. The molecule has 164 valence electrons. The zero-order chi connectivity index (χ0) is 23.1. The van der Waals surface area contributed by atoms with Gasteiger partial charge < -0.3 is 9.84 Å². The molecule has 0 aliphatic carbocycles. The summed E-state index contributed by atoms with van der Waals surface area (Å²) in [6, 6.07) is 15.7. The predicted octanol–water partition coefficient (Wildman–Crippen LogP) is 6.10. The van der Waals surface area contributed by atoms with Gasteiger partial charge in [0.05, 0.1) is 26.6 Å². The van der Waals surface area contributed by atoms with Crippen molar-refractivity contribution in [1.29, 1.82) is 0 Å². The fraction of sp³-hybridized carbons (Fsp3) is 0.0800. The Balaban J connectivity index is 1.59. The number of carboxylic acid groups (broad SMARTS) is 1. The van der Waals surface area contributed by atoms with Crippen LogP contribution in [0.2, 0.25) is 10.0 Å². The highest BCUT2D eigenvalue weighted by Gasteiger charge is 2.21. The third kappa shape index (κ3) is 3.88. The molecule has 5 rings (SSSR count). The number of hydrogen-bond acceptors (Lipinski definition) is 4. The van der Waals surface area contributed by atoms with E-state index in [9.17, 15) is 14.7 Å². The molecular weight excluding hydrogens is 463 g/mol. The third-order valence-electron chi connectivity index (χ3n) is 5.55. The van der Waals surface area contributed by atoms with Gasteiger partial charge >= 0.3 is 5.97 Å². The van der Waals surface area contributed by atoms with E-state index in [1.165, 1.54) is 17.0 Å². The van der Waals surface area contributed by atoms with Gasteiger partial charge in [-0.1, -0.05) is 53.5 Å². The van der Waals surface area contributed by atoms with Crippen LogP contribution in [0.3, 0.4) is 0 Å². The quantitative estimate of drug-likeness (QED) is 0.384. The van der Waals surface area contributed by atoms with Gasteiger partial charge in [-0.15, -0.1) is 0 Å². The van der Waals surface area contributed by atoms with Crippen LogP contribution in [0.1, 0.15) is 38.3 Å². The molecule has 33 heavy (non-hydrogen) atoms. The Morgan fingerprint density at radius 2 is 1.85 bits per heavy atom. The van der Waals surface area contributed by atoms with Crippen LogP contribution in [0.15, 0.2) is 67.0 Å². The van der Waals surface area contributed by atoms with Gasteiger partial charge in [-0.25, -0.2) is 9.78 Å². The van der Waals surface area contributed by atoms with Gasteiger partial charge in [-0.2, -0.15) is 0 Å². The smallest absolute Gasteiger partial charge is 0.335 e. The number of carbonyl (C=O) groups excluding carboxylic acids is 1. The molecule has 0 saturated carbocycles. The van der Waals surface area contributed by atoms with Crippen molar-refractivity contribution in [2.24, 2.45) is 0 Å². The summed E-state index contributed by atoms with van der Waals surface area (Å²) >= 11 is 12.2. The summed E-state index contributed by atoms with van der Waals surface area (Å²) in [5, 5.41) is 10.2. The van der Waals surface area contributed by atoms with Crippen LogP contribution in [-0.2, 0) is 6.61 Å². The number of hydrogen-bond donors (Lipinski definition) is 1. The minimum absolute atomic E-state index is 0.0477. The molecule has 6 nitrogen and oxygen atoms in total. The average Bonchev–Trinajstić information content (AvgIpc) is 3.13. The maximum atomic E-state index is 13.1. The number of allylic oxidation sites excluding steroid dienone is 1. The molecule has 1 aliphatic rings. The topological polar surface area (TPSA) is 81.4 Å². The van der Waals surface area contributed by atoms with Crippen LogP contribution in [0.5, 0.6) is 5.75 Å². The molecule has 0 atom stereocenters. The Bertz CT molecular complexity index is 1470. The molecule has 3 aromatic carbocycles. The molecule has 1 N–H and O–H groups in total. The van der Waals surface area contributed by atoms with Gasteiger partial charge in [0.2, 0.25) is 5.91 Å². The van der Waals surface area contributed by atoms with E-state index < -0.39 is 5.97 Å². The van der Waals surface area contributed by atoms with Crippen molar-refractivity contribution in [3.8, 4) is 5.75 Å². The van der Waals surface area contributed by atoms with Crippen LogP contribution in [0.4, 0.5) is 0 Å². The van der Waals surface area contributed by atoms with Crippen molar-refractivity contribution in [3.63, 3.8) is 0 Å². The molecule has 0 amide bonds. The molecule has 0 spiro atoms. The third-order valence-corrected chi connectivity index (χ3v) is 6.27. The van der Waals surface area contributed by atoms with E-state index >= 15 is 0 Å². The highest BCUT2D eigenvalue weighted by molar-refractivity contribution is 6.42. The standard InChI is InChI=1S/C25H16Cl2N2O4/c26-19-10-21-22(11-20(19)27)29(13-28-21)24(30)8-6-17-16-4-2-1-3-15(16)12-33-23-7-5-14(25(31)32)9-18(17)23/h1-7,9-11,13H,8,12H2,(H,31,32). The summed E-state index contributed by atoms with van der Waals surface area (Å²) in [5.41, 5.74) is 4.45. The highest BCUT2D eigenvalue weighted by Crippen LogP contribution is 2.37. The van der Waals surface area contributed by atoms with Gasteiger partial charge in [0.1, 0.15) is 18.7 Å². The summed E-state index contributed by atoms with van der Waals surface area (Å²) in [5.74, 6) is -0.697. The second kappa shape index (κ2) is 8.39. The summed E-state index contributed by atoms with van der Waals surface area (Å²) in [6.07, 6.45) is 3.29. The van der Waals surface area contributed by atoms with E-state index in [0.29, 0.717) is 39.0 Å². The fourth-order valence-corrected chi connectivity index (χ4v) is 4.24. The van der Waals surface area contributed by atoms with E-state index in [-0.39, 0.29) is 17.9 Å². The van der Waals surface area contributed by atoms with E-state index in [4.69, 9.17) is 27.9 Å². The van der Waals surface area contributed by atoms with Crippen molar-refractivity contribution in [3.05, 3.63) is 99.3 Å². The molecular formula is C25H16Cl2N2O4. The largest absolute Gasteiger partial charge is 0.488 e. The molecule has 1 aliphatic heterocycles. The zero-order valence-corrected chi connectivity index (χ0v) is 18.6. The molecule has 0 fully saturated rings. The molecule has 1 aromatic heterocycles. The van der Waals surface area contributed by atoms with Crippen LogP contribution in [0, 0.1) is 0 Å². The first-order chi connectivity index (χ1) is 15.9. The number of carboxylic acids is 1. The minimum Gasteiger partial charge on any atom is -0.488 e. The molecule has 0 saturated heterocycles. The highest BCUT2D eigenvalue weighted by atomic mass is 35.5. The van der Waals surface area contributed by atoms with Crippen LogP contribution in [-0.4, -0.2) is 26.5 Å². The van der Waals surface area contributed by atoms with Gasteiger partial charge in [0, 0.05) is 12.0 Å². The number of rotatable bonds is 3. The number of imidazole rings is 1. The summed E-state index contributed by atoms with van der Waals surface area (Å²) in [4.78, 5) is 28.9. The SMILES string of the molecule is O=C(O)c1ccc2c(c1)C(=CCC(=O)n1cnc3cc(Cl)c(Cl)cc31)c1ccccc1CO2. The van der Waals surface area contributed by atoms with E-state index in [2.05, 4.69) is 4.98 Å². The fourth-order valence-electron chi connectivity index (χ4n) is 3.92. The van der Waals surface area contributed by atoms with Crippen LogP contribution in [0.25, 0.3) is 16.6 Å². The number of benzene rings is 3. The van der Waals surface area contributed by atoms with E-state index in [0.717, 1.165) is 16.7 Å². The Morgan fingerprint density at radius 3 is 2.67 bits per heavy atom. The monoisotopic (exact) mass is 478 g/mol. The first kappa shape index (κ1) is 21.2. The second-order valence-corrected chi connectivity index (χ2v) is 8.36. The maximum Gasteiger partial charge on any atom is 0.335 e. The first-order valence-electron chi connectivity index (χ1n) is 10.1. The molecule has 0 bridgehead atoms. The zero-order valence-electron chi connectivity index (χ0n) is 17.1. The Labute approximate surface area is 198 Å². The van der Waals surface area contributed by atoms with Gasteiger partial charge in [0.15, 0.2) is 0 Å². The Hall–Kier alpha value is -3.61. The second-order valence-electron chi connectivity index (χ2n) is 7.55. The van der Waals surface area contributed by atoms with Crippen molar-refractivity contribution in [2.75, 3.05) is 0 Å². The Morgan fingerprint density at radius 1 is 1.06 bits per heavy atom. The molecule has 2 heterocycles. The van der Waals surface area contributed by atoms with Crippen LogP contribution < -0.4 is 4.74 Å². The molecule has 0 unspecified atom stereocenters. The number of aromatic nitrogens is 2. The van der Waals surface area contributed by atoms with Crippen molar-refractivity contribution in [1.82, 2.24) is 9.55 Å². The normalized spacial score (nSPS) is 13.8. The van der Waals surface area contributed by atoms with E-state index in [1.807, 2.05) is 24.3 Å². The number of halogens is 2. The number of aromatic carboxylic acids is 1. The number of carbonyl (C=O) groups is 2. The minimum atomic E-state index is -1.04. The van der Waals surface area contributed by atoms with Crippen molar-refractivity contribution >= 4 is 51.7 Å². The number of ether oxygens (including phenoxy) is 1. The Kier molecular flexibility index (Phi) is 5.40. The number of fused-ring (bicyclic) bond motifs is 3. The number of nitrogens with zero attached hydrogens (tertiary/aromatic N) is 2. The lowest BCUT2D eigenvalue weighted by atomic mass is 9.92. The lowest BCUT2D eigenvalue weighted by Crippen LogP contribution is -2.08. The van der Waals surface area contributed by atoms with Crippen LogP contribution >= 0.6 is 23.2 Å². The molecule has 8 heteroatoms. The van der Waals surface area contributed by atoms with Gasteiger partial charge in [-0.05, 0) is 47.0 Å². The summed E-state index contributed by atoms with van der Waals surface area (Å²) < 4.78 is 7.37. The van der Waals surface area contributed by atoms with Gasteiger partial charge in [0.25, 0.3) is 0 Å². The van der Waals surface area contributed by atoms with E-state index in [1.54, 1.807) is 30.3 Å².